The first-order valence-electron chi connectivity index (χ1n) is 8.03. The van der Waals surface area contributed by atoms with Gasteiger partial charge in [-0.3, -0.25) is 9.78 Å². The smallest absolute Gasteiger partial charge is 0.257 e. The van der Waals surface area contributed by atoms with E-state index >= 15 is 0 Å². The summed E-state index contributed by atoms with van der Waals surface area (Å²) in [5, 5.41) is 5.76. The minimum Gasteiger partial charge on any atom is -0.497 e. The largest absolute Gasteiger partial charge is 0.497 e. The van der Waals surface area contributed by atoms with E-state index in [4.69, 9.17) is 4.74 Å². The highest BCUT2D eigenvalue weighted by Gasteiger charge is 2.10. The van der Waals surface area contributed by atoms with Gasteiger partial charge in [0.1, 0.15) is 11.6 Å². The molecule has 0 spiro atoms. The summed E-state index contributed by atoms with van der Waals surface area (Å²) in [5.74, 6) is -0.111. The lowest BCUT2D eigenvalue weighted by Crippen LogP contribution is -2.13. The van der Waals surface area contributed by atoms with Crippen LogP contribution in [0.25, 0.3) is 0 Å². The van der Waals surface area contributed by atoms with Crippen LogP contribution in [0.1, 0.15) is 15.9 Å². The Hall–Kier alpha value is -3.41. The molecule has 0 aliphatic rings. The van der Waals surface area contributed by atoms with Gasteiger partial charge in [-0.15, -0.1) is 0 Å². The van der Waals surface area contributed by atoms with E-state index in [9.17, 15) is 9.18 Å². The van der Waals surface area contributed by atoms with Crippen LogP contribution in [0.5, 0.6) is 5.75 Å². The fourth-order valence-electron chi connectivity index (χ4n) is 2.37. The monoisotopic (exact) mass is 351 g/mol. The third kappa shape index (κ3) is 4.36. The minimum absolute atomic E-state index is 0.133. The first-order chi connectivity index (χ1) is 12.7. The molecular formula is C20H18FN3O2. The number of aromatic nitrogens is 1. The maximum absolute atomic E-state index is 13.7. The van der Waals surface area contributed by atoms with E-state index in [1.807, 2.05) is 24.3 Å². The van der Waals surface area contributed by atoms with Crippen LogP contribution in [0.2, 0.25) is 0 Å². The Kier molecular flexibility index (Phi) is 5.43. The summed E-state index contributed by atoms with van der Waals surface area (Å²) < 4.78 is 18.8. The highest BCUT2D eigenvalue weighted by molar-refractivity contribution is 6.04. The zero-order chi connectivity index (χ0) is 18.4. The third-order valence-corrected chi connectivity index (χ3v) is 3.78. The van der Waals surface area contributed by atoms with E-state index in [1.165, 1.54) is 18.3 Å². The van der Waals surface area contributed by atoms with E-state index < -0.39 is 11.7 Å². The number of rotatable bonds is 6. The van der Waals surface area contributed by atoms with Gasteiger partial charge in [0.25, 0.3) is 5.91 Å². The Balaban J connectivity index is 1.65. The number of nitrogens with one attached hydrogen (secondary N) is 2. The minimum atomic E-state index is -0.484. The average molecular weight is 351 g/mol. The third-order valence-electron chi connectivity index (χ3n) is 3.78. The van der Waals surface area contributed by atoms with Crippen molar-refractivity contribution in [3.63, 3.8) is 0 Å². The molecule has 3 aromatic rings. The van der Waals surface area contributed by atoms with Gasteiger partial charge in [0.05, 0.1) is 24.0 Å². The van der Waals surface area contributed by atoms with Crippen molar-refractivity contribution in [1.82, 2.24) is 4.98 Å². The molecule has 0 fully saturated rings. The molecule has 3 rings (SSSR count). The number of carbonyl (C=O) groups is 1. The quantitative estimate of drug-likeness (QED) is 0.702. The number of nitrogens with zero attached hydrogens (tertiary/aromatic N) is 1. The molecule has 1 aromatic heterocycles. The lowest BCUT2D eigenvalue weighted by atomic mass is 10.2. The average Bonchev–Trinajstić information content (AvgIpc) is 2.69. The second-order valence-corrected chi connectivity index (χ2v) is 5.60. The second-order valence-electron chi connectivity index (χ2n) is 5.60. The molecular weight excluding hydrogens is 333 g/mol. The molecule has 0 bridgehead atoms. The van der Waals surface area contributed by atoms with Crippen molar-refractivity contribution in [3.05, 3.63) is 83.9 Å². The van der Waals surface area contributed by atoms with Crippen LogP contribution in [0.4, 0.5) is 15.8 Å². The van der Waals surface area contributed by atoms with Crippen molar-refractivity contribution in [2.75, 3.05) is 17.7 Å². The number of para-hydroxylation sites is 1. The normalized spacial score (nSPS) is 10.2. The Labute approximate surface area is 150 Å². The van der Waals surface area contributed by atoms with Gasteiger partial charge in [-0.25, -0.2) is 4.39 Å². The maximum Gasteiger partial charge on any atom is 0.257 e. The zero-order valence-corrected chi connectivity index (χ0v) is 14.2. The number of hydrogen-bond acceptors (Lipinski definition) is 4. The molecule has 0 saturated carbocycles. The van der Waals surface area contributed by atoms with Crippen molar-refractivity contribution in [3.8, 4) is 5.75 Å². The van der Waals surface area contributed by atoms with Crippen molar-refractivity contribution in [2.45, 2.75) is 6.54 Å². The molecule has 26 heavy (non-hydrogen) atoms. The van der Waals surface area contributed by atoms with Crippen LogP contribution < -0.4 is 15.4 Å². The number of methoxy groups -OCH3 is 1. The van der Waals surface area contributed by atoms with Crippen LogP contribution >= 0.6 is 0 Å². The molecule has 0 radical (unpaired) electrons. The Morgan fingerprint density at radius 2 is 1.88 bits per heavy atom. The highest BCUT2D eigenvalue weighted by atomic mass is 19.1. The number of halogens is 1. The van der Waals surface area contributed by atoms with Crippen LogP contribution in [0, 0.1) is 5.82 Å². The predicted octanol–water partition coefficient (Wildman–Crippen LogP) is 4.09. The molecule has 0 unspecified atom stereocenters. The maximum atomic E-state index is 13.7. The van der Waals surface area contributed by atoms with Crippen LogP contribution in [0.3, 0.4) is 0 Å². The summed E-state index contributed by atoms with van der Waals surface area (Å²) in [6, 6.07) is 15.4. The van der Waals surface area contributed by atoms with Crippen molar-refractivity contribution >= 4 is 17.3 Å². The summed E-state index contributed by atoms with van der Waals surface area (Å²) in [6.07, 6.45) is 3.07. The number of anilines is 2. The first-order valence-corrected chi connectivity index (χ1v) is 8.03. The van der Waals surface area contributed by atoms with Gasteiger partial charge in [-0.05, 0) is 35.9 Å². The predicted molar refractivity (Wildman–Crippen MR) is 98.9 cm³/mol. The molecule has 0 aliphatic carbocycles. The Morgan fingerprint density at radius 1 is 1.12 bits per heavy atom. The van der Waals surface area contributed by atoms with Gasteiger partial charge in [-0.1, -0.05) is 24.3 Å². The van der Waals surface area contributed by atoms with Gasteiger partial charge in [0, 0.05) is 18.9 Å². The van der Waals surface area contributed by atoms with Crippen LogP contribution in [-0.2, 0) is 6.54 Å². The number of amides is 1. The van der Waals surface area contributed by atoms with E-state index in [1.54, 1.807) is 31.5 Å². The topological polar surface area (TPSA) is 63.2 Å². The second kappa shape index (κ2) is 8.11. The SMILES string of the molecule is COc1ccc(CNc2cncc(C(=O)Nc3ccccc3F)c2)cc1. The first kappa shape index (κ1) is 17.4. The van der Waals surface area contributed by atoms with E-state index in [2.05, 4.69) is 15.6 Å². The van der Waals surface area contributed by atoms with Crippen LogP contribution in [-0.4, -0.2) is 18.0 Å². The van der Waals surface area contributed by atoms with Crippen molar-refractivity contribution in [2.24, 2.45) is 0 Å². The molecule has 0 saturated heterocycles. The summed E-state index contributed by atoms with van der Waals surface area (Å²) in [7, 11) is 1.62. The Bertz CT molecular complexity index is 898. The summed E-state index contributed by atoms with van der Waals surface area (Å²) in [5.41, 5.74) is 2.23. The standard InChI is InChI=1S/C20H18FN3O2/c1-26-17-8-6-14(7-9-17)11-23-16-10-15(12-22-13-16)20(25)24-19-5-3-2-4-18(19)21/h2-10,12-13,23H,11H2,1H3,(H,24,25). The summed E-state index contributed by atoms with van der Waals surface area (Å²) in [4.78, 5) is 16.4. The number of hydrogen-bond donors (Lipinski definition) is 2. The van der Waals surface area contributed by atoms with Gasteiger partial charge in [0.15, 0.2) is 0 Å². The molecule has 2 aromatic carbocycles. The van der Waals surface area contributed by atoms with E-state index in [0.717, 1.165) is 11.3 Å². The number of carbonyl (C=O) groups excluding carboxylic acids is 1. The molecule has 0 atom stereocenters. The van der Waals surface area contributed by atoms with Gasteiger partial charge in [0.2, 0.25) is 0 Å². The number of pyridine rings is 1. The van der Waals surface area contributed by atoms with Gasteiger partial charge >= 0.3 is 0 Å². The van der Waals surface area contributed by atoms with E-state index in [-0.39, 0.29) is 5.69 Å². The zero-order valence-electron chi connectivity index (χ0n) is 14.2. The highest BCUT2D eigenvalue weighted by Crippen LogP contribution is 2.16. The molecule has 1 heterocycles. The Morgan fingerprint density at radius 3 is 2.62 bits per heavy atom. The fourth-order valence-corrected chi connectivity index (χ4v) is 2.37. The van der Waals surface area contributed by atoms with Crippen molar-refractivity contribution < 1.29 is 13.9 Å². The van der Waals surface area contributed by atoms with Gasteiger partial charge in [-0.2, -0.15) is 0 Å². The fraction of sp³-hybridized carbons (Fsp3) is 0.100. The van der Waals surface area contributed by atoms with E-state index in [0.29, 0.717) is 17.8 Å². The summed E-state index contributed by atoms with van der Waals surface area (Å²) in [6.45, 7) is 0.573. The van der Waals surface area contributed by atoms with Gasteiger partial charge < -0.3 is 15.4 Å². The molecule has 0 aliphatic heterocycles. The van der Waals surface area contributed by atoms with Crippen LogP contribution in [0.15, 0.2) is 67.0 Å². The molecule has 132 valence electrons. The lowest BCUT2D eigenvalue weighted by Gasteiger charge is -2.09. The molecule has 2 N–H and O–H groups in total. The molecule has 1 amide bonds. The van der Waals surface area contributed by atoms with Crippen molar-refractivity contribution in [1.29, 1.82) is 0 Å². The lowest BCUT2D eigenvalue weighted by molar-refractivity contribution is 0.102. The number of ether oxygens (including phenoxy) is 1. The molecule has 5 nitrogen and oxygen atoms in total. The molecule has 6 heteroatoms. The summed E-state index contributed by atoms with van der Waals surface area (Å²) >= 11 is 0. The number of benzene rings is 2.